The van der Waals surface area contributed by atoms with Crippen LogP contribution in [0.25, 0.3) is 5.69 Å². The molecule has 0 aliphatic carbocycles. The predicted molar refractivity (Wildman–Crippen MR) is 117 cm³/mol. The molecule has 0 radical (unpaired) electrons. The number of aryl methyl sites for hydroxylation is 1. The number of benzene rings is 2. The van der Waals surface area contributed by atoms with Crippen molar-refractivity contribution in [1.29, 1.82) is 0 Å². The number of rotatable bonds is 6. The third-order valence-electron chi connectivity index (χ3n) is 5.14. The van der Waals surface area contributed by atoms with Crippen molar-refractivity contribution in [3.05, 3.63) is 91.8 Å². The van der Waals surface area contributed by atoms with Crippen LogP contribution in [0.15, 0.2) is 58.1 Å². The summed E-state index contributed by atoms with van der Waals surface area (Å²) in [5.74, 6) is -0.812. The number of aromatic nitrogens is 3. The summed E-state index contributed by atoms with van der Waals surface area (Å²) in [6, 6.07) is 10.7. The molecule has 0 saturated heterocycles. The number of hydrogen-bond donors (Lipinski definition) is 1. The number of hydrogen-bond acceptors (Lipinski definition) is 4. The molecule has 1 N–H and O–H groups in total. The van der Waals surface area contributed by atoms with E-state index in [1.165, 1.54) is 6.07 Å². The summed E-state index contributed by atoms with van der Waals surface area (Å²) >= 11 is 0. The van der Waals surface area contributed by atoms with Crippen LogP contribution in [0, 0.1) is 6.92 Å². The number of carbonyl (C=O) groups is 1. The Kier molecular flexibility index (Phi) is 6.85. The van der Waals surface area contributed by atoms with Gasteiger partial charge in [-0.05, 0) is 44.0 Å². The normalized spacial score (nSPS) is 12.4. The smallest absolute Gasteiger partial charge is 0.348 e. The van der Waals surface area contributed by atoms with Gasteiger partial charge in [0.1, 0.15) is 0 Å². The second kappa shape index (κ2) is 9.43. The molecule has 0 spiro atoms. The average Bonchev–Trinajstić information content (AvgIpc) is 2.77. The first-order valence-electron chi connectivity index (χ1n) is 10.3. The first-order valence-corrected chi connectivity index (χ1v) is 10.3. The van der Waals surface area contributed by atoms with Crippen molar-refractivity contribution in [1.82, 2.24) is 19.7 Å². The molecule has 0 bridgehead atoms. The summed E-state index contributed by atoms with van der Waals surface area (Å²) in [7, 11) is 0. The molecule has 0 aliphatic rings. The van der Waals surface area contributed by atoms with Gasteiger partial charge in [0.05, 0.1) is 17.8 Å². The molecule has 1 atom stereocenters. The van der Waals surface area contributed by atoms with Crippen LogP contribution >= 0.6 is 0 Å². The van der Waals surface area contributed by atoms with E-state index < -0.39 is 34.6 Å². The van der Waals surface area contributed by atoms with Gasteiger partial charge in [0.25, 0.3) is 11.5 Å². The largest absolute Gasteiger partial charge is 0.416 e. The molecule has 1 amide bonds. The Labute approximate surface area is 187 Å². The molecular formula is C23H23F3N4O3. The fourth-order valence-corrected chi connectivity index (χ4v) is 3.05. The van der Waals surface area contributed by atoms with Gasteiger partial charge in [0, 0.05) is 6.04 Å². The summed E-state index contributed by atoms with van der Waals surface area (Å²) in [5, 5.41) is 6.47. The van der Waals surface area contributed by atoms with Crippen molar-refractivity contribution >= 4 is 5.91 Å². The number of amides is 1. The van der Waals surface area contributed by atoms with Crippen LogP contribution in [0.4, 0.5) is 13.2 Å². The van der Waals surface area contributed by atoms with Crippen molar-refractivity contribution in [2.45, 2.75) is 46.0 Å². The second-order valence-electron chi connectivity index (χ2n) is 7.75. The quantitative estimate of drug-likeness (QED) is 0.612. The summed E-state index contributed by atoms with van der Waals surface area (Å²) in [4.78, 5) is 38.9. The highest BCUT2D eigenvalue weighted by Gasteiger charge is 2.31. The maximum atomic E-state index is 13.2. The van der Waals surface area contributed by atoms with Crippen LogP contribution in [0.5, 0.6) is 0 Å². The Morgan fingerprint density at radius 2 is 1.79 bits per heavy atom. The van der Waals surface area contributed by atoms with Crippen molar-refractivity contribution in [3.63, 3.8) is 0 Å². The van der Waals surface area contributed by atoms with Crippen molar-refractivity contribution in [2.24, 2.45) is 0 Å². The lowest BCUT2D eigenvalue weighted by Gasteiger charge is -2.15. The number of carbonyl (C=O) groups excluding carboxylic acids is 1. The van der Waals surface area contributed by atoms with Gasteiger partial charge in [0.15, 0.2) is 0 Å². The Morgan fingerprint density at radius 3 is 2.39 bits per heavy atom. The van der Waals surface area contributed by atoms with E-state index in [9.17, 15) is 27.6 Å². The molecular weight excluding hydrogens is 437 g/mol. The minimum absolute atomic E-state index is 0.178. The molecule has 0 saturated carbocycles. The van der Waals surface area contributed by atoms with Gasteiger partial charge in [-0.2, -0.15) is 23.0 Å². The van der Waals surface area contributed by atoms with Crippen LogP contribution in [0.1, 0.15) is 47.4 Å². The highest BCUT2D eigenvalue weighted by atomic mass is 19.4. The predicted octanol–water partition coefficient (Wildman–Crippen LogP) is 3.30. The molecule has 33 heavy (non-hydrogen) atoms. The summed E-state index contributed by atoms with van der Waals surface area (Å²) in [5.41, 5.74) is -2.10. The second-order valence-corrected chi connectivity index (χ2v) is 7.75. The molecule has 7 nitrogen and oxygen atoms in total. The van der Waals surface area contributed by atoms with Gasteiger partial charge in [-0.15, -0.1) is 0 Å². The van der Waals surface area contributed by atoms with E-state index >= 15 is 0 Å². The topological polar surface area (TPSA) is 86.0 Å². The molecule has 0 fully saturated rings. The zero-order chi connectivity index (χ0) is 24.3. The van der Waals surface area contributed by atoms with Crippen LogP contribution < -0.4 is 16.6 Å². The van der Waals surface area contributed by atoms with Crippen LogP contribution in [0.3, 0.4) is 0 Å². The van der Waals surface area contributed by atoms with E-state index in [0.717, 1.165) is 28.3 Å². The Bertz CT molecular complexity index is 1280. The van der Waals surface area contributed by atoms with E-state index in [1.807, 2.05) is 13.8 Å². The highest BCUT2D eigenvalue weighted by molar-refractivity contribution is 5.91. The third kappa shape index (κ3) is 5.39. The lowest BCUT2D eigenvalue weighted by molar-refractivity contribution is -0.137. The number of nitrogens with zero attached hydrogens (tertiary/aromatic N) is 3. The lowest BCUT2D eigenvalue weighted by Crippen LogP contribution is -2.47. The van der Waals surface area contributed by atoms with E-state index in [4.69, 9.17) is 0 Å². The molecule has 3 rings (SSSR count). The van der Waals surface area contributed by atoms with Gasteiger partial charge in [-0.3, -0.25) is 14.2 Å². The monoisotopic (exact) mass is 460 g/mol. The lowest BCUT2D eigenvalue weighted by atomic mass is 10.1. The first-order chi connectivity index (χ1) is 15.5. The van der Waals surface area contributed by atoms with Crippen molar-refractivity contribution in [3.8, 4) is 5.69 Å². The third-order valence-corrected chi connectivity index (χ3v) is 5.14. The summed E-state index contributed by atoms with van der Waals surface area (Å²) in [6.07, 6.45) is -4.07. The fourth-order valence-electron chi connectivity index (χ4n) is 3.05. The Morgan fingerprint density at radius 1 is 1.12 bits per heavy atom. The zero-order valence-corrected chi connectivity index (χ0v) is 18.3. The fraction of sp³-hybridized carbons (Fsp3) is 0.304. The average molecular weight is 460 g/mol. The van der Waals surface area contributed by atoms with E-state index in [2.05, 4.69) is 10.4 Å². The van der Waals surface area contributed by atoms with Crippen molar-refractivity contribution in [2.75, 3.05) is 0 Å². The van der Waals surface area contributed by atoms with Gasteiger partial charge in [-0.25, -0.2) is 4.79 Å². The van der Waals surface area contributed by atoms with Crippen LogP contribution in [0.2, 0.25) is 0 Å². The molecule has 1 heterocycles. The van der Waals surface area contributed by atoms with Crippen molar-refractivity contribution < 1.29 is 18.0 Å². The van der Waals surface area contributed by atoms with Gasteiger partial charge in [0.2, 0.25) is 5.69 Å². The maximum absolute atomic E-state index is 13.2. The summed E-state index contributed by atoms with van der Waals surface area (Å²) < 4.78 is 41.1. The standard InChI is InChI=1S/C23H23F3N4O3/c1-4-15(3)27-20(31)19-21(32)29(13-16-10-8-14(2)9-11-16)22(33)30(28-19)18-7-5-6-17(12-18)23(24,25)26/h5-12,15H,4,13H2,1-3H3,(H,27,31)/t15-/m1/s1. The SMILES string of the molecule is CC[C@@H](C)NC(=O)c1nn(-c2cccc(C(F)(F)F)c2)c(=O)n(Cc2ccc(C)cc2)c1=O. The number of nitrogens with one attached hydrogen (secondary N) is 1. The van der Waals surface area contributed by atoms with E-state index in [1.54, 1.807) is 31.2 Å². The number of halogens is 3. The van der Waals surface area contributed by atoms with E-state index in [-0.39, 0.29) is 18.3 Å². The first kappa shape index (κ1) is 24.0. The van der Waals surface area contributed by atoms with Gasteiger partial charge in [-0.1, -0.05) is 42.8 Å². The van der Waals surface area contributed by atoms with E-state index in [0.29, 0.717) is 16.7 Å². The molecule has 174 valence electrons. The molecule has 0 unspecified atom stereocenters. The minimum atomic E-state index is -4.65. The van der Waals surface area contributed by atoms with Gasteiger partial charge < -0.3 is 5.32 Å². The molecule has 1 aromatic heterocycles. The summed E-state index contributed by atoms with van der Waals surface area (Å²) in [6.45, 7) is 5.26. The Balaban J connectivity index is 2.21. The zero-order valence-electron chi connectivity index (χ0n) is 18.3. The number of alkyl halides is 3. The Hall–Kier alpha value is -3.69. The maximum Gasteiger partial charge on any atom is 0.416 e. The molecule has 3 aromatic rings. The molecule has 10 heteroatoms. The van der Waals surface area contributed by atoms with Gasteiger partial charge >= 0.3 is 11.9 Å². The highest BCUT2D eigenvalue weighted by Crippen LogP contribution is 2.29. The van der Waals surface area contributed by atoms with Crippen LogP contribution in [-0.2, 0) is 12.7 Å². The van der Waals surface area contributed by atoms with Crippen LogP contribution in [-0.4, -0.2) is 26.3 Å². The molecule has 0 aliphatic heterocycles. The molecule has 2 aromatic carbocycles. The minimum Gasteiger partial charge on any atom is -0.348 e.